The lowest BCUT2D eigenvalue weighted by atomic mass is 10.2. The second-order valence-corrected chi connectivity index (χ2v) is 7.09. The Kier molecular flexibility index (Phi) is 7.38. The van der Waals surface area contributed by atoms with E-state index in [1.807, 2.05) is 11.8 Å². The number of aromatic hydroxyl groups is 1. The molecule has 1 aliphatic heterocycles. The Hall–Kier alpha value is -3.23. The second kappa shape index (κ2) is 10.2. The number of phenolic OH excluding ortho intramolecular Hbond substituents is 1. The van der Waals surface area contributed by atoms with E-state index in [0.29, 0.717) is 50.8 Å². The van der Waals surface area contributed by atoms with E-state index in [-0.39, 0.29) is 11.4 Å². The highest BCUT2D eigenvalue weighted by Crippen LogP contribution is 2.37. The van der Waals surface area contributed by atoms with Gasteiger partial charge in [-0.05, 0) is 36.8 Å². The van der Waals surface area contributed by atoms with Gasteiger partial charge in [-0.25, -0.2) is 13.8 Å². The summed E-state index contributed by atoms with van der Waals surface area (Å²) in [5, 5.41) is 13.4. The van der Waals surface area contributed by atoms with Gasteiger partial charge < -0.3 is 29.7 Å². The van der Waals surface area contributed by atoms with Crippen LogP contribution in [0.2, 0.25) is 0 Å². The summed E-state index contributed by atoms with van der Waals surface area (Å²) in [4.78, 5) is 8.63. The minimum atomic E-state index is -0.450. The molecule has 1 heterocycles. The number of hydrogen-bond acceptors (Lipinski definition) is 5. The van der Waals surface area contributed by atoms with Crippen LogP contribution in [0.1, 0.15) is 12.5 Å². The van der Waals surface area contributed by atoms with E-state index in [0.717, 1.165) is 23.7 Å². The molecule has 0 aromatic heterocycles. The van der Waals surface area contributed by atoms with E-state index in [1.54, 1.807) is 12.1 Å². The van der Waals surface area contributed by atoms with Crippen LogP contribution in [0.4, 0.5) is 14.5 Å². The molecule has 2 aromatic rings. The molecule has 2 N–H and O–H groups in total. The smallest absolute Gasteiger partial charge is 0.200 e. The number of guanidine groups is 1. The van der Waals surface area contributed by atoms with Gasteiger partial charge in [-0.15, -0.1) is 0 Å². The van der Waals surface area contributed by atoms with Crippen molar-refractivity contribution < 1.29 is 23.4 Å². The van der Waals surface area contributed by atoms with Crippen LogP contribution in [0.3, 0.4) is 0 Å². The molecule has 0 spiro atoms. The van der Waals surface area contributed by atoms with Crippen molar-refractivity contribution in [2.75, 3.05) is 51.8 Å². The minimum Gasteiger partial charge on any atom is -0.502 e. The summed E-state index contributed by atoms with van der Waals surface area (Å²) in [6.45, 7) is 5.36. The maximum absolute atomic E-state index is 14.1. The SMILES string of the molecule is CCNC(=NCc1cc(OC)c(O)c(OC)c1)N1CCN(c2cc(F)ccc2F)CC1. The summed E-state index contributed by atoms with van der Waals surface area (Å²) in [6.07, 6.45) is 0. The Labute approximate surface area is 180 Å². The van der Waals surface area contributed by atoms with Crippen LogP contribution >= 0.6 is 0 Å². The molecule has 168 valence electrons. The summed E-state index contributed by atoms with van der Waals surface area (Å²) in [6, 6.07) is 6.95. The molecule has 1 fully saturated rings. The van der Waals surface area contributed by atoms with Crippen LogP contribution in [0.15, 0.2) is 35.3 Å². The number of ether oxygens (including phenoxy) is 2. The van der Waals surface area contributed by atoms with E-state index in [1.165, 1.54) is 20.3 Å². The fourth-order valence-corrected chi connectivity index (χ4v) is 3.52. The molecule has 2 aromatic carbocycles. The fourth-order valence-electron chi connectivity index (χ4n) is 3.52. The second-order valence-electron chi connectivity index (χ2n) is 7.09. The molecule has 1 saturated heterocycles. The normalized spacial score (nSPS) is 14.5. The molecule has 9 heteroatoms. The summed E-state index contributed by atoms with van der Waals surface area (Å²) in [7, 11) is 2.96. The van der Waals surface area contributed by atoms with Gasteiger partial charge in [0.1, 0.15) is 11.6 Å². The Balaban J connectivity index is 1.71. The molecule has 1 aliphatic rings. The third kappa shape index (κ3) is 5.28. The number of aliphatic imine (C=N–C) groups is 1. The first kappa shape index (κ1) is 22.5. The topological polar surface area (TPSA) is 69.6 Å². The molecule has 7 nitrogen and oxygen atoms in total. The largest absolute Gasteiger partial charge is 0.502 e. The lowest BCUT2D eigenvalue weighted by Gasteiger charge is -2.37. The number of methoxy groups -OCH3 is 2. The average Bonchev–Trinajstić information content (AvgIpc) is 2.79. The zero-order chi connectivity index (χ0) is 22.4. The molecule has 0 radical (unpaired) electrons. The fraction of sp³-hybridized carbons (Fsp3) is 0.409. The first-order chi connectivity index (χ1) is 15.0. The van der Waals surface area contributed by atoms with Crippen LogP contribution in [-0.4, -0.2) is 62.9 Å². The van der Waals surface area contributed by atoms with Gasteiger partial charge in [-0.3, -0.25) is 0 Å². The van der Waals surface area contributed by atoms with E-state index >= 15 is 0 Å². The molecular formula is C22H28F2N4O3. The Morgan fingerprint density at radius 2 is 1.71 bits per heavy atom. The van der Waals surface area contributed by atoms with Gasteiger partial charge in [-0.1, -0.05) is 0 Å². The van der Waals surface area contributed by atoms with Gasteiger partial charge in [-0.2, -0.15) is 0 Å². The third-order valence-electron chi connectivity index (χ3n) is 5.11. The molecule has 0 bridgehead atoms. The number of benzene rings is 2. The van der Waals surface area contributed by atoms with Crippen LogP contribution in [0, 0.1) is 11.6 Å². The lowest BCUT2D eigenvalue weighted by Crippen LogP contribution is -2.52. The molecule has 0 aliphatic carbocycles. The zero-order valence-corrected chi connectivity index (χ0v) is 18.0. The molecule has 0 unspecified atom stereocenters. The van der Waals surface area contributed by atoms with Crippen molar-refractivity contribution in [3.8, 4) is 17.2 Å². The molecule has 0 amide bonds. The molecule has 0 saturated carbocycles. The van der Waals surface area contributed by atoms with Gasteiger partial charge in [0.25, 0.3) is 0 Å². The number of halogens is 2. The third-order valence-corrected chi connectivity index (χ3v) is 5.11. The van der Waals surface area contributed by atoms with Gasteiger partial charge in [0.2, 0.25) is 5.75 Å². The van der Waals surface area contributed by atoms with Crippen molar-refractivity contribution in [2.45, 2.75) is 13.5 Å². The van der Waals surface area contributed by atoms with Crippen LogP contribution in [0.5, 0.6) is 17.2 Å². The summed E-state index contributed by atoms with van der Waals surface area (Å²) >= 11 is 0. The van der Waals surface area contributed by atoms with Gasteiger partial charge >= 0.3 is 0 Å². The van der Waals surface area contributed by atoms with Crippen molar-refractivity contribution in [1.29, 1.82) is 0 Å². The van der Waals surface area contributed by atoms with E-state index in [9.17, 15) is 13.9 Å². The summed E-state index contributed by atoms with van der Waals surface area (Å²) in [5.41, 5.74) is 1.10. The molecule has 3 rings (SSSR count). The Bertz CT molecular complexity index is 906. The molecule has 31 heavy (non-hydrogen) atoms. The van der Waals surface area contributed by atoms with Crippen molar-refractivity contribution in [3.63, 3.8) is 0 Å². The van der Waals surface area contributed by atoms with Gasteiger partial charge in [0.15, 0.2) is 17.5 Å². The zero-order valence-electron chi connectivity index (χ0n) is 18.0. The quantitative estimate of drug-likeness (QED) is 0.538. The highest BCUT2D eigenvalue weighted by Gasteiger charge is 2.22. The summed E-state index contributed by atoms with van der Waals surface area (Å²) < 4.78 is 38.0. The van der Waals surface area contributed by atoms with Crippen molar-refractivity contribution in [3.05, 3.63) is 47.5 Å². The van der Waals surface area contributed by atoms with Crippen LogP contribution < -0.4 is 19.7 Å². The predicted molar refractivity (Wildman–Crippen MR) is 116 cm³/mol. The van der Waals surface area contributed by atoms with Gasteiger partial charge in [0, 0.05) is 38.8 Å². The van der Waals surface area contributed by atoms with Gasteiger partial charge in [0.05, 0.1) is 26.5 Å². The first-order valence-electron chi connectivity index (χ1n) is 10.1. The van der Waals surface area contributed by atoms with E-state index < -0.39 is 11.6 Å². The maximum Gasteiger partial charge on any atom is 0.200 e. The predicted octanol–water partition coefficient (Wildman–Crippen LogP) is 2.98. The van der Waals surface area contributed by atoms with E-state index in [4.69, 9.17) is 14.5 Å². The standard InChI is InChI=1S/C22H28F2N4O3/c1-4-25-22(26-14-15-11-19(30-2)21(29)20(12-15)31-3)28-9-7-27(8-10-28)18-13-16(23)5-6-17(18)24/h5-6,11-13,29H,4,7-10,14H2,1-3H3,(H,25,26). The highest BCUT2D eigenvalue weighted by molar-refractivity contribution is 5.80. The van der Waals surface area contributed by atoms with Crippen LogP contribution in [-0.2, 0) is 6.54 Å². The number of rotatable bonds is 6. The number of hydrogen-bond donors (Lipinski definition) is 2. The molecule has 0 atom stereocenters. The number of nitrogens with one attached hydrogen (secondary N) is 1. The van der Waals surface area contributed by atoms with E-state index in [2.05, 4.69) is 10.2 Å². The maximum atomic E-state index is 14.1. The highest BCUT2D eigenvalue weighted by atomic mass is 19.1. The van der Waals surface area contributed by atoms with Crippen molar-refractivity contribution in [1.82, 2.24) is 10.2 Å². The van der Waals surface area contributed by atoms with Crippen molar-refractivity contribution >= 4 is 11.6 Å². The average molecular weight is 434 g/mol. The Morgan fingerprint density at radius 3 is 2.29 bits per heavy atom. The Morgan fingerprint density at radius 1 is 1.06 bits per heavy atom. The minimum absolute atomic E-state index is 0.0506. The summed E-state index contributed by atoms with van der Waals surface area (Å²) in [5.74, 6) is 0.443. The number of piperazine rings is 1. The monoisotopic (exact) mass is 434 g/mol. The first-order valence-corrected chi connectivity index (χ1v) is 10.1. The van der Waals surface area contributed by atoms with Crippen LogP contribution in [0.25, 0.3) is 0 Å². The number of phenols is 1. The number of anilines is 1. The lowest BCUT2D eigenvalue weighted by molar-refractivity contribution is 0.339. The number of nitrogens with zero attached hydrogens (tertiary/aromatic N) is 3. The van der Waals surface area contributed by atoms with Crippen molar-refractivity contribution in [2.24, 2.45) is 4.99 Å². The molecular weight excluding hydrogens is 406 g/mol.